The van der Waals surface area contributed by atoms with Gasteiger partial charge >= 0.3 is 0 Å². The first-order chi connectivity index (χ1) is 14.4. The summed E-state index contributed by atoms with van der Waals surface area (Å²) in [5.74, 6) is 0.480. The molecule has 0 spiro atoms. The van der Waals surface area contributed by atoms with Gasteiger partial charge in [0.1, 0.15) is 11.4 Å². The minimum absolute atomic E-state index is 0.214. The van der Waals surface area contributed by atoms with Crippen molar-refractivity contribution in [2.24, 2.45) is 0 Å². The van der Waals surface area contributed by atoms with Crippen molar-refractivity contribution in [3.63, 3.8) is 0 Å². The Hall–Kier alpha value is -3.67. The fraction of sp³-hybridized carbons (Fsp3) is 0.208. The standard InChI is InChI=1S/C24H24N4O2/c1-24(2,3)26-23(29)20-14-19(17-12-8-9-13-21(17)30-4)25-22-15-18(27-28(20)22)16-10-6-5-7-11-16/h5-15H,1-4H3,(H,26,29). The average Bonchev–Trinajstić information content (AvgIpc) is 3.16. The van der Waals surface area contributed by atoms with E-state index in [4.69, 9.17) is 9.72 Å². The van der Waals surface area contributed by atoms with E-state index in [1.54, 1.807) is 17.7 Å². The van der Waals surface area contributed by atoms with Crippen LogP contribution in [0.15, 0.2) is 66.7 Å². The lowest BCUT2D eigenvalue weighted by atomic mass is 10.1. The zero-order valence-corrected chi connectivity index (χ0v) is 17.5. The maximum absolute atomic E-state index is 13.1. The molecule has 4 rings (SSSR count). The highest BCUT2D eigenvalue weighted by Gasteiger charge is 2.21. The molecule has 0 fully saturated rings. The van der Waals surface area contributed by atoms with Gasteiger partial charge in [-0.05, 0) is 39.0 Å². The topological polar surface area (TPSA) is 68.5 Å². The van der Waals surface area contributed by atoms with E-state index in [0.717, 1.165) is 16.8 Å². The molecule has 4 aromatic rings. The number of carbonyl (C=O) groups is 1. The number of fused-ring (bicyclic) bond motifs is 1. The van der Waals surface area contributed by atoms with Crippen LogP contribution in [0, 0.1) is 0 Å². The monoisotopic (exact) mass is 400 g/mol. The second-order valence-corrected chi connectivity index (χ2v) is 8.10. The first-order valence-electron chi connectivity index (χ1n) is 9.78. The highest BCUT2D eigenvalue weighted by molar-refractivity contribution is 5.95. The molecule has 0 aliphatic heterocycles. The number of nitrogens with one attached hydrogen (secondary N) is 1. The number of methoxy groups -OCH3 is 1. The Labute approximate surface area is 175 Å². The van der Waals surface area contributed by atoms with Gasteiger partial charge in [-0.25, -0.2) is 9.50 Å². The third kappa shape index (κ3) is 3.89. The molecule has 6 nitrogen and oxygen atoms in total. The Bertz CT molecular complexity index is 1210. The maximum atomic E-state index is 13.1. The molecule has 2 heterocycles. The van der Waals surface area contributed by atoms with E-state index in [1.807, 2.05) is 81.4 Å². The highest BCUT2D eigenvalue weighted by atomic mass is 16.5. The molecular formula is C24H24N4O2. The highest BCUT2D eigenvalue weighted by Crippen LogP contribution is 2.30. The summed E-state index contributed by atoms with van der Waals surface area (Å²) >= 11 is 0. The van der Waals surface area contributed by atoms with Gasteiger partial charge in [0.05, 0.1) is 18.5 Å². The summed E-state index contributed by atoms with van der Waals surface area (Å²) in [7, 11) is 1.62. The fourth-order valence-electron chi connectivity index (χ4n) is 3.29. The van der Waals surface area contributed by atoms with Crippen LogP contribution in [0.1, 0.15) is 31.3 Å². The Morgan fingerprint density at radius 3 is 2.37 bits per heavy atom. The lowest BCUT2D eigenvalue weighted by Crippen LogP contribution is -2.41. The van der Waals surface area contributed by atoms with Crippen molar-refractivity contribution < 1.29 is 9.53 Å². The predicted octanol–water partition coefficient (Wildman–Crippen LogP) is 4.60. The van der Waals surface area contributed by atoms with E-state index < -0.39 is 0 Å². The Kier molecular flexibility index (Phi) is 4.99. The molecule has 2 aromatic heterocycles. The van der Waals surface area contributed by atoms with Gasteiger partial charge in [0.2, 0.25) is 0 Å². The number of ether oxygens (including phenoxy) is 1. The minimum atomic E-state index is -0.382. The molecular weight excluding hydrogens is 376 g/mol. The van der Waals surface area contributed by atoms with Crippen LogP contribution in [0.2, 0.25) is 0 Å². The molecule has 6 heteroatoms. The van der Waals surface area contributed by atoms with Crippen LogP contribution in [0.5, 0.6) is 5.75 Å². The normalized spacial score (nSPS) is 11.5. The first-order valence-corrected chi connectivity index (χ1v) is 9.78. The summed E-state index contributed by atoms with van der Waals surface area (Å²) in [6.07, 6.45) is 0. The second-order valence-electron chi connectivity index (χ2n) is 8.10. The van der Waals surface area contributed by atoms with Crippen molar-refractivity contribution in [2.75, 3.05) is 7.11 Å². The molecule has 0 atom stereocenters. The average molecular weight is 400 g/mol. The van der Waals surface area contributed by atoms with Gasteiger partial charge in [0.25, 0.3) is 5.91 Å². The third-order valence-corrected chi connectivity index (χ3v) is 4.60. The van der Waals surface area contributed by atoms with Crippen LogP contribution in [0.25, 0.3) is 28.2 Å². The maximum Gasteiger partial charge on any atom is 0.270 e. The van der Waals surface area contributed by atoms with Crippen molar-refractivity contribution >= 4 is 11.6 Å². The van der Waals surface area contributed by atoms with Gasteiger partial charge in [0, 0.05) is 22.7 Å². The van der Waals surface area contributed by atoms with E-state index in [1.165, 1.54) is 0 Å². The van der Waals surface area contributed by atoms with Gasteiger partial charge in [-0.2, -0.15) is 5.10 Å². The number of carbonyl (C=O) groups excluding carboxylic acids is 1. The summed E-state index contributed by atoms with van der Waals surface area (Å²) < 4.78 is 7.10. The van der Waals surface area contributed by atoms with E-state index in [0.29, 0.717) is 22.8 Å². The molecule has 152 valence electrons. The van der Waals surface area contributed by atoms with Gasteiger partial charge in [-0.1, -0.05) is 42.5 Å². The number of rotatable bonds is 4. The molecule has 0 radical (unpaired) electrons. The van der Waals surface area contributed by atoms with E-state index in [-0.39, 0.29) is 11.4 Å². The molecule has 0 saturated carbocycles. The molecule has 0 bridgehead atoms. The van der Waals surface area contributed by atoms with Crippen molar-refractivity contribution in [2.45, 2.75) is 26.3 Å². The number of benzene rings is 2. The molecule has 0 aliphatic carbocycles. The van der Waals surface area contributed by atoms with Crippen molar-refractivity contribution in [1.29, 1.82) is 0 Å². The minimum Gasteiger partial charge on any atom is -0.496 e. The Morgan fingerprint density at radius 2 is 1.67 bits per heavy atom. The van der Waals surface area contributed by atoms with Crippen LogP contribution in [0.4, 0.5) is 0 Å². The van der Waals surface area contributed by atoms with Gasteiger partial charge in [-0.3, -0.25) is 4.79 Å². The summed E-state index contributed by atoms with van der Waals surface area (Å²) in [5.41, 5.74) is 3.81. The third-order valence-electron chi connectivity index (χ3n) is 4.60. The number of nitrogens with zero attached hydrogens (tertiary/aromatic N) is 3. The van der Waals surface area contributed by atoms with Crippen molar-refractivity contribution in [3.05, 3.63) is 72.4 Å². The molecule has 1 N–H and O–H groups in total. The number of aromatic nitrogens is 3. The van der Waals surface area contributed by atoms with E-state index >= 15 is 0 Å². The van der Waals surface area contributed by atoms with Crippen molar-refractivity contribution in [3.8, 4) is 28.3 Å². The van der Waals surface area contributed by atoms with Gasteiger partial charge in [0.15, 0.2) is 5.65 Å². The van der Waals surface area contributed by atoms with Gasteiger partial charge < -0.3 is 10.1 Å². The van der Waals surface area contributed by atoms with Gasteiger partial charge in [-0.15, -0.1) is 0 Å². The number of para-hydroxylation sites is 1. The lowest BCUT2D eigenvalue weighted by molar-refractivity contribution is 0.0912. The smallest absolute Gasteiger partial charge is 0.270 e. The summed E-state index contributed by atoms with van der Waals surface area (Å²) in [4.78, 5) is 17.9. The largest absolute Gasteiger partial charge is 0.496 e. The summed E-state index contributed by atoms with van der Waals surface area (Å²) in [6, 6.07) is 21.1. The first kappa shape index (κ1) is 19.6. The number of hydrogen-bond acceptors (Lipinski definition) is 4. The van der Waals surface area contributed by atoms with E-state index in [2.05, 4.69) is 10.4 Å². The second kappa shape index (κ2) is 7.63. The molecule has 2 aromatic carbocycles. The van der Waals surface area contributed by atoms with Crippen molar-refractivity contribution in [1.82, 2.24) is 19.9 Å². The van der Waals surface area contributed by atoms with Crippen LogP contribution in [-0.2, 0) is 0 Å². The molecule has 1 amide bonds. The molecule has 0 aliphatic rings. The van der Waals surface area contributed by atoms with Crippen LogP contribution in [-0.4, -0.2) is 33.2 Å². The number of amides is 1. The SMILES string of the molecule is COc1ccccc1-c1cc(C(=O)NC(C)(C)C)n2nc(-c3ccccc3)cc2n1. The predicted molar refractivity (Wildman–Crippen MR) is 118 cm³/mol. The number of hydrogen-bond donors (Lipinski definition) is 1. The molecule has 0 saturated heterocycles. The zero-order valence-electron chi connectivity index (χ0n) is 17.5. The summed E-state index contributed by atoms with van der Waals surface area (Å²) in [6.45, 7) is 5.84. The quantitative estimate of drug-likeness (QED) is 0.544. The Morgan fingerprint density at radius 1 is 0.967 bits per heavy atom. The van der Waals surface area contributed by atoms with Crippen LogP contribution < -0.4 is 10.1 Å². The summed E-state index contributed by atoms with van der Waals surface area (Å²) in [5, 5.41) is 7.70. The van der Waals surface area contributed by atoms with Crippen LogP contribution in [0.3, 0.4) is 0 Å². The van der Waals surface area contributed by atoms with Crippen LogP contribution >= 0.6 is 0 Å². The zero-order chi connectivity index (χ0) is 21.3. The lowest BCUT2D eigenvalue weighted by Gasteiger charge is -2.21. The fourth-order valence-corrected chi connectivity index (χ4v) is 3.29. The van der Waals surface area contributed by atoms with E-state index in [9.17, 15) is 4.79 Å². The molecule has 30 heavy (non-hydrogen) atoms. The Balaban J connectivity index is 1.93. The molecule has 0 unspecified atom stereocenters.